The van der Waals surface area contributed by atoms with E-state index in [1.165, 1.54) is 37.7 Å². The van der Waals surface area contributed by atoms with E-state index in [2.05, 4.69) is 15.3 Å². The van der Waals surface area contributed by atoms with Gasteiger partial charge >= 0.3 is 0 Å². The van der Waals surface area contributed by atoms with E-state index in [0.717, 1.165) is 5.56 Å². The third-order valence-corrected chi connectivity index (χ3v) is 2.40. The molecule has 0 saturated carbocycles. The highest BCUT2D eigenvalue weighted by molar-refractivity contribution is 6.01. The summed E-state index contributed by atoms with van der Waals surface area (Å²) in [5.41, 5.74) is 0.724. The molecule has 0 unspecified atom stereocenters. The molecular formula is C14H12FN3O2. The van der Waals surface area contributed by atoms with Crippen LogP contribution in [0.15, 0.2) is 42.7 Å². The van der Waals surface area contributed by atoms with Crippen molar-refractivity contribution in [3.63, 3.8) is 0 Å². The fraction of sp³-hybridized carbons (Fsp3) is 0.0714. The topological polar surface area (TPSA) is 64.1 Å². The third kappa shape index (κ3) is 3.88. The molecule has 5 nitrogen and oxygen atoms in total. The van der Waals surface area contributed by atoms with Crippen LogP contribution in [0.2, 0.25) is 0 Å². The normalized spacial score (nSPS) is 10.5. The lowest BCUT2D eigenvalue weighted by Crippen LogP contribution is -2.09. The Hall–Kier alpha value is -2.76. The number of benzene rings is 1. The van der Waals surface area contributed by atoms with Crippen LogP contribution in [-0.2, 0) is 4.79 Å². The van der Waals surface area contributed by atoms with Crippen LogP contribution in [-0.4, -0.2) is 23.0 Å². The van der Waals surface area contributed by atoms with Gasteiger partial charge in [0.1, 0.15) is 18.0 Å². The number of amides is 1. The molecular weight excluding hydrogens is 261 g/mol. The monoisotopic (exact) mass is 273 g/mol. The molecule has 1 N–H and O–H groups in total. The zero-order valence-electron chi connectivity index (χ0n) is 10.7. The first-order chi connectivity index (χ1) is 9.67. The second-order valence-corrected chi connectivity index (χ2v) is 3.82. The van der Waals surface area contributed by atoms with Crippen LogP contribution in [0.3, 0.4) is 0 Å². The highest BCUT2D eigenvalue weighted by Crippen LogP contribution is 2.10. The minimum atomic E-state index is -0.352. The minimum absolute atomic E-state index is 0.320. The van der Waals surface area contributed by atoms with Crippen LogP contribution in [0.1, 0.15) is 5.56 Å². The lowest BCUT2D eigenvalue weighted by Gasteiger charge is -2.02. The summed E-state index contributed by atoms with van der Waals surface area (Å²) in [4.78, 5) is 19.4. The van der Waals surface area contributed by atoms with E-state index < -0.39 is 0 Å². The number of methoxy groups -OCH3 is 1. The summed E-state index contributed by atoms with van der Waals surface area (Å²) in [6.07, 6.45) is 4.20. The predicted molar refractivity (Wildman–Crippen MR) is 72.6 cm³/mol. The molecule has 1 aromatic heterocycles. The van der Waals surface area contributed by atoms with Crippen molar-refractivity contribution in [2.45, 2.75) is 0 Å². The molecule has 6 heteroatoms. The lowest BCUT2D eigenvalue weighted by molar-refractivity contribution is -0.111. The van der Waals surface area contributed by atoms with Gasteiger partial charge in [0, 0.05) is 12.1 Å². The minimum Gasteiger partial charge on any atom is -0.481 e. The zero-order chi connectivity index (χ0) is 14.4. The van der Waals surface area contributed by atoms with E-state index in [1.54, 1.807) is 18.2 Å². The molecule has 0 aliphatic rings. The average molecular weight is 273 g/mol. The van der Waals surface area contributed by atoms with E-state index in [0.29, 0.717) is 11.7 Å². The lowest BCUT2D eigenvalue weighted by atomic mass is 10.2. The van der Waals surface area contributed by atoms with Crippen LogP contribution < -0.4 is 10.1 Å². The molecule has 0 saturated heterocycles. The number of hydrogen-bond donors (Lipinski definition) is 1. The number of carbonyl (C=O) groups excluding carboxylic acids is 1. The molecule has 0 bridgehead atoms. The summed E-state index contributed by atoms with van der Waals surface area (Å²) < 4.78 is 17.6. The van der Waals surface area contributed by atoms with Crippen molar-refractivity contribution < 1.29 is 13.9 Å². The van der Waals surface area contributed by atoms with E-state index >= 15 is 0 Å². The molecule has 0 spiro atoms. The van der Waals surface area contributed by atoms with Crippen LogP contribution in [0.4, 0.5) is 10.2 Å². The summed E-state index contributed by atoms with van der Waals surface area (Å²) in [5, 5.41) is 2.57. The summed E-state index contributed by atoms with van der Waals surface area (Å²) in [6, 6.07) is 7.31. The Morgan fingerprint density at radius 3 is 2.75 bits per heavy atom. The van der Waals surface area contributed by atoms with Crippen molar-refractivity contribution in [3.05, 3.63) is 54.1 Å². The van der Waals surface area contributed by atoms with Crippen molar-refractivity contribution in [1.29, 1.82) is 0 Å². The molecule has 20 heavy (non-hydrogen) atoms. The van der Waals surface area contributed by atoms with Gasteiger partial charge in [0.05, 0.1) is 7.11 Å². The van der Waals surface area contributed by atoms with Gasteiger partial charge in [0.2, 0.25) is 11.8 Å². The summed E-state index contributed by atoms with van der Waals surface area (Å²) in [7, 11) is 1.47. The van der Waals surface area contributed by atoms with Gasteiger partial charge in [0.15, 0.2) is 0 Å². The molecule has 1 aromatic carbocycles. The maximum atomic E-state index is 12.7. The predicted octanol–water partition coefficient (Wildman–Crippen LogP) is 2.28. The first-order valence-electron chi connectivity index (χ1n) is 5.78. The molecule has 0 radical (unpaired) electrons. The Morgan fingerprint density at radius 1 is 1.30 bits per heavy atom. The smallest absolute Gasteiger partial charge is 0.249 e. The van der Waals surface area contributed by atoms with Gasteiger partial charge in [-0.05, 0) is 23.8 Å². The number of anilines is 1. The molecule has 0 fully saturated rings. The van der Waals surface area contributed by atoms with Crippen molar-refractivity contribution in [1.82, 2.24) is 9.97 Å². The van der Waals surface area contributed by atoms with Gasteiger partial charge in [-0.1, -0.05) is 12.1 Å². The Labute approximate surface area is 115 Å². The highest BCUT2D eigenvalue weighted by atomic mass is 19.1. The number of hydrogen-bond acceptors (Lipinski definition) is 4. The Balaban J connectivity index is 1.99. The second-order valence-electron chi connectivity index (χ2n) is 3.82. The van der Waals surface area contributed by atoms with Crippen molar-refractivity contribution in [2.75, 3.05) is 12.4 Å². The molecule has 2 aromatic rings. The van der Waals surface area contributed by atoms with Gasteiger partial charge < -0.3 is 10.1 Å². The molecule has 1 amide bonds. The Morgan fingerprint density at radius 2 is 2.05 bits per heavy atom. The van der Waals surface area contributed by atoms with Crippen molar-refractivity contribution >= 4 is 17.8 Å². The largest absolute Gasteiger partial charge is 0.481 e. The van der Waals surface area contributed by atoms with Crippen LogP contribution in [0.25, 0.3) is 6.08 Å². The Bertz CT molecular complexity index is 627. The van der Waals surface area contributed by atoms with E-state index in [1.807, 2.05) is 0 Å². The fourth-order valence-corrected chi connectivity index (χ4v) is 1.43. The standard InChI is InChI=1S/C14H12FN3O2/c1-20-14-8-12(16-9-17-14)18-13(19)7-4-10-2-5-11(15)6-3-10/h2-9H,1H3,(H,16,17,18,19). The SMILES string of the molecule is COc1cc(NC(=O)C=Cc2ccc(F)cc2)ncn1. The highest BCUT2D eigenvalue weighted by Gasteiger charge is 2.01. The molecule has 1 heterocycles. The second kappa shape index (κ2) is 6.42. The summed E-state index contributed by atoms with van der Waals surface area (Å²) in [5.74, 6) is 0.0261. The first kappa shape index (κ1) is 13.7. The number of ether oxygens (including phenoxy) is 1. The average Bonchev–Trinajstić information content (AvgIpc) is 2.47. The molecule has 0 aliphatic carbocycles. The van der Waals surface area contributed by atoms with E-state index in [9.17, 15) is 9.18 Å². The fourth-order valence-electron chi connectivity index (χ4n) is 1.43. The quantitative estimate of drug-likeness (QED) is 0.868. The number of nitrogens with zero attached hydrogens (tertiary/aromatic N) is 2. The van der Waals surface area contributed by atoms with E-state index in [-0.39, 0.29) is 11.7 Å². The van der Waals surface area contributed by atoms with Gasteiger partial charge in [0.25, 0.3) is 0 Å². The van der Waals surface area contributed by atoms with Crippen molar-refractivity contribution in [2.24, 2.45) is 0 Å². The number of rotatable bonds is 4. The number of carbonyl (C=O) groups is 1. The van der Waals surface area contributed by atoms with Crippen LogP contribution in [0.5, 0.6) is 5.88 Å². The molecule has 0 aliphatic heterocycles. The van der Waals surface area contributed by atoms with Crippen LogP contribution >= 0.6 is 0 Å². The van der Waals surface area contributed by atoms with Crippen LogP contribution in [0, 0.1) is 5.82 Å². The number of halogens is 1. The molecule has 0 atom stereocenters. The maximum Gasteiger partial charge on any atom is 0.249 e. The third-order valence-electron chi connectivity index (χ3n) is 2.40. The molecule has 102 valence electrons. The van der Waals surface area contributed by atoms with E-state index in [4.69, 9.17) is 4.74 Å². The van der Waals surface area contributed by atoms with Crippen molar-refractivity contribution in [3.8, 4) is 5.88 Å². The van der Waals surface area contributed by atoms with Gasteiger partial charge in [-0.2, -0.15) is 0 Å². The summed E-state index contributed by atoms with van der Waals surface area (Å²) >= 11 is 0. The van der Waals surface area contributed by atoms with Gasteiger partial charge in [-0.3, -0.25) is 4.79 Å². The molecule has 2 rings (SSSR count). The summed E-state index contributed by atoms with van der Waals surface area (Å²) in [6.45, 7) is 0. The number of aromatic nitrogens is 2. The number of nitrogens with one attached hydrogen (secondary N) is 1. The van der Waals surface area contributed by atoms with Gasteiger partial charge in [-0.15, -0.1) is 0 Å². The zero-order valence-corrected chi connectivity index (χ0v) is 10.7. The van der Waals surface area contributed by atoms with Gasteiger partial charge in [-0.25, -0.2) is 14.4 Å². The first-order valence-corrected chi connectivity index (χ1v) is 5.78. The Kier molecular flexibility index (Phi) is 4.39. The maximum absolute atomic E-state index is 12.7.